The van der Waals surface area contributed by atoms with E-state index < -0.39 is 0 Å². The largest absolute Gasteiger partial charge is 0.489 e. The van der Waals surface area contributed by atoms with Crippen molar-refractivity contribution in [3.05, 3.63) is 63.2 Å². The first-order valence-corrected chi connectivity index (χ1v) is 7.02. The van der Waals surface area contributed by atoms with Gasteiger partial charge in [0.1, 0.15) is 12.4 Å². The lowest BCUT2D eigenvalue weighted by molar-refractivity contribution is 0.306. The van der Waals surface area contributed by atoms with E-state index >= 15 is 0 Å². The molecule has 0 saturated heterocycles. The third kappa shape index (κ3) is 3.99. The maximum Gasteiger partial charge on any atom is 0.120 e. The first kappa shape index (κ1) is 13.4. The van der Waals surface area contributed by atoms with Gasteiger partial charge >= 0.3 is 0 Å². The van der Waals surface area contributed by atoms with Gasteiger partial charge in [0, 0.05) is 3.57 Å². The van der Waals surface area contributed by atoms with Crippen LogP contribution in [0, 0.1) is 3.57 Å². The van der Waals surface area contributed by atoms with Crippen molar-refractivity contribution in [3.8, 4) is 5.75 Å². The van der Waals surface area contributed by atoms with Gasteiger partial charge < -0.3 is 10.5 Å². The lowest BCUT2D eigenvalue weighted by atomic mass is 10.1. The molecule has 3 heteroatoms. The second kappa shape index (κ2) is 6.75. The van der Waals surface area contributed by atoms with Crippen molar-refractivity contribution in [2.24, 2.45) is 5.73 Å². The van der Waals surface area contributed by atoms with E-state index in [4.69, 9.17) is 10.5 Å². The zero-order valence-corrected chi connectivity index (χ0v) is 12.3. The normalized spacial score (nSPS) is 10.3. The molecule has 0 bridgehead atoms. The van der Waals surface area contributed by atoms with Gasteiger partial charge in [0.15, 0.2) is 0 Å². The van der Waals surface area contributed by atoms with Gasteiger partial charge in [-0.15, -0.1) is 0 Å². The van der Waals surface area contributed by atoms with Crippen LogP contribution >= 0.6 is 22.6 Å². The molecule has 0 unspecified atom stereocenters. The highest BCUT2D eigenvalue weighted by molar-refractivity contribution is 14.1. The van der Waals surface area contributed by atoms with Crippen LogP contribution < -0.4 is 10.5 Å². The number of nitrogens with two attached hydrogens (primary N) is 1. The van der Waals surface area contributed by atoms with Crippen molar-refractivity contribution in [1.82, 2.24) is 0 Å². The molecule has 2 N–H and O–H groups in total. The Morgan fingerprint density at radius 3 is 2.50 bits per heavy atom. The molecular formula is C15H16INO. The topological polar surface area (TPSA) is 35.2 Å². The second-order valence-corrected chi connectivity index (χ2v) is 5.35. The summed E-state index contributed by atoms with van der Waals surface area (Å²) >= 11 is 2.30. The van der Waals surface area contributed by atoms with E-state index in [2.05, 4.69) is 59.0 Å². The Morgan fingerprint density at radius 2 is 1.78 bits per heavy atom. The number of hydrogen-bond donors (Lipinski definition) is 1. The fourth-order valence-corrected chi connectivity index (χ4v) is 2.06. The Balaban J connectivity index is 1.97. The molecule has 0 saturated carbocycles. The lowest BCUT2D eigenvalue weighted by Gasteiger charge is -2.08. The van der Waals surface area contributed by atoms with E-state index in [1.54, 1.807) is 0 Å². The molecular weight excluding hydrogens is 337 g/mol. The molecule has 0 aliphatic rings. The lowest BCUT2D eigenvalue weighted by Crippen LogP contribution is -2.03. The highest BCUT2D eigenvalue weighted by atomic mass is 127. The van der Waals surface area contributed by atoms with E-state index in [1.807, 2.05) is 12.1 Å². The minimum atomic E-state index is 0.600. The molecule has 0 heterocycles. The van der Waals surface area contributed by atoms with Gasteiger partial charge in [0.25, 0.3) is 0 Å². The summed E-state index contributed by atoms with van der Waals surface area (Å²) in [6.07, 6.45) is 0.890. The number of halogens is 1. The molecule has 0 atom stereocenters. The van der Waals surface area contributed by atoms with Gasteiger partial charge in [-0.2, -0.15) is 0 Å². The molecule has 2 aromatic carbocycles. The fraction of sp³-hybridized carbons (Fsp3) is 0.200. The zero-order valence-electron chi connectivity index (χ0n) is 10.1. The van der Waals surface area contributed by atoms with Gasteiger partial charge in [-0.1, -0.05) is 24.3 Å². The van der Waals surface area contributed by atoms with Crippen LogP contribution in [0.4, 0.5) is 0 Å². The quantitative estimate of drug-likeness (QED) is 0.837. The van der Waals surface area contributed by atoms with Crippen LogP contribution in [0.5, 0.6) is 5.75 Å². The first-order chi connectivity index (χ1) is 8.78. The summed E-state index contributed by atoms with van der Waals surface area (Å²) in [5.74, 6) is 0.902. The summed E-state index contributed by atoms with van der Waals surface area (Å²) in [6, 6.07) is 16.5. The van der Waals surface area contributed by atoms with E-state index in [9.17, 15) is 0 Å². The van der Waals surface area contributed by atoms with Gasteiger partial charge in [-0.05, 0) is 70.9 Å². The molecule has 0 radical (unpaired) electrons. The first-order valence-electron chi connectivity index (χ1n) is 5.94. The summed E-state index contributed by atoms with van der Waals surface area (Å²) in [5.41, 5.74) is 7.95. The highest BCUT2D eigenvalue weighted by Crippen LogP contribution is 2.16. The molecule has 0 amide bonds. The maximum absolute atomic E-state index is 5.78. The Hall–Kier alpha value is -1.07. The third-order valence-electron chi connectivity index (χ3n) is 2.65. The Kier molecular flexibility index (Phi) is 5.01. The van der Waals surface area contributed by atoms with Gasteiger partial charge in [0.05, 0.1) is 0 Å². The predicted octanol–water partition coefficient (Wildman–Crippen LogP) is 3.37. The van der Waals surface area contributed by atoms with E-state index in [-0.39, 0.29) is 0 Å². The van der Waals surface area contributed by atoms with Crippen LogP contribution in [-0.2, 0) is 13.0 Å². The molecule has 18 heavy (non-hydrogen) atoms. The monoisotopic (exact) mass is 353 g/mol. The number of benzene rings is 2. The highest BCUT2D eigenvalue weighted by Gasteiger charge is 1.98. The molecule has 2 rings (SSSR count). The summed E-state index contributed by atoms with van der Waals surface area (Å²) in [6.45, 7) is 1.27. The number of hydrogen-bond acceptors (Lipinski definition) is 2. The standard InChI is InChI=1S/C15H16INO/c16-14-6-4-13(5-7-14)11-18-15-3-1-2-12(10-15)8-9-17/h1-7,10H,8-9,11,17H2. The third-order valence-corrected chi connectivity index (χ3v) is 3.37. The molecule has 0 aliphatic carbocycles. The molecule has 0 aromatic heterocycles. The van der Waals surface area contributed by atoms with Gasteiger partial charge in [-0.25, -0.2) is 0 Å². The zero-order chi connectivity index (χ0) is 12.8. The van der Waals surface area contributed by atoms with Crippen molar-refractivity contribution in [1.29, 1.82) is 0 Å². The van der Waals surface area contributed by atoms with E-state index in [1.165, 1.54) is 14.7 Å². The van der Waals surface area contributed by atoms with Crippen LogP contribution in [0.25, 0.3) is 0 Å². The molecule has 2 nitrogen and oxygen atoms in total. The Labute approximate surface area is 121 Å². The van der Waals surface area contributed by atoms with Crippen LogP contribution in [0.1, 0.15) is 11.1 Å². The van der Waals surface area contributed by atoms with Crippen LogP contribution in [-0.4, -0.2) is 6.54 Å². The van der Waals surface area contributed by atoms with Crippen molar-refractivity contribution in [2.45, 2.75) is 13.0 Å². The molecule has 0 aliphatic heterocycles. The summed E-state index contributed by atoms with van der Waals surface area (Å²) in [4.78, 5) is 0. The maximum atomic E-state index is 5.78. The van der Waals surface area contributed by atoms with Gasteiger partial charge in [0.2, 0.25) is 0 Å². The SMILES string of the molecule is NCCc1cccc(OCc2ccc(I)cc2)c1. The van der Waals surface area contributed by atoms with E-state index in [0.29, 0.717) is 13.2 Å². The van der Waals surface area contributed by atoms with Crippen molar-refractivity contribution in [3.63, 3.8) is 0 Å². The molecule has 0 spiro atoms. The Morgan fingerprint density at radius 1 is 1.00 bits per heavy atom. The van der Waals surface area contributed by atoms with Crippen molar-refractivity contribution >= 4 is 22.6 Å². The fourth-order valence-electron chi connectivity index (χ4n) is 1.70. The minimum absolute atomic E-state index is 0.600. The summed E-state index contributed by atoms with van der Waals surface area (Å²) < 4.78 is 7.01. The minimum Gasteiger partial charge on any atom is -0.489 e. The summed E-state index contributed by atoms with van der Waals surface area (Å²) in [7, 11) is 0. The average Bonchev–Trinajstić information content (AvgIpc) is 2.39. The molecule has 2 aromatic rings. The second-order valence-electron chi connectivity index (χ2n) is 4.10. The molecule has 0 fully saturated rings. The van der Waals surface area contributed by atoms with Gasteiger partial charge in [-0.3, -0.25) is 0 Å². The van der Waals surface area contributed by atoms with Crippen LogP contribution in [0.3, 0.4) is 0 Å². The van der Waals surface area contributed by atoms with Crippen LogP contribution in [0.15, 0.2) is 48.5 Å². The number of rotatable bonds is 5. The Bertz CT molecular complexity index is 496. The number of ether oxygens (including phenoxy) is 1. The average molecular weight is 353 g/mol. The summed E-state index contributed by atoms with van der Waals surface area (Å²) in [5, 5.41) is 0. The smallest absolute Gasteiger partial charge is 0.120 e. The van der Waals surface area contributed by atoms with Crippen molar-refractivity contribution in [2.75, 3.05) is 6.54 Å². The van der Waals surface area contributed by atoms with Crippen molar-refractivity contribution < 1.29 is 4.74 Å². The predicted molar refractivity (Wildman–Crippen MR) is 82.7 cm³/mol. The van der Waals surface area contributed by atoms with Crippen LogP contribution in [0.2, 0.25) is 0 Å². The molecule has 94 valence electrons. The van der Waals surface area contributed by atoms with E-state index in [0.717, 1.165) is 12.2 Å².